The molecule has 8 heteroatoms. The van der Waals surface area contributed by atoms with E-state index in [1.165, 1.54) is 12.1 Å². The third-order valence-electron chi connectivity index (χ3n) is 4.47. The number of halogens is 1. The molecule has 0 radical (unpaired) electrons. The van der Waals surface area contributed by atoms with Gasteiger partial charge in [0.05, 0.1) is 21.1 Å². The van der Waals surface area contributed by atoms with Crippen LogP contribution in [0, 0.1) is 0 Å². The molecule has 0 heterocycles. The van der Waals surface area contributed by atoms with E-state index in [0.717, 1.165) is 12.8 Å². The fourth-order valence-electron chi connectivity index (χ4n) is 2.98. The van der Waals surface area contributed by atoms with Crippen molar-refractivity contribution in [3.8, 4) is 0 Å². The number of anilines is 2. The van der Waals surface area contributed by atoms with E-state index >= 15 is 0 Å². The van der Waals surface area contributed by atoms with Gasteiger partial charge in [0.2, 0.25) is 5.91 Å². The van der Waals surface area contributed by atoms with E-state index in [4.69, 9.17) is 17.3 Å². The molecule has 0 saturated heterocycles. The molecule has 1 amide bonds. The van der Waals surface area contributed by atoms with Gasteiger partial charge < -0.3 is 11.1 Å². The number of carbonyl (C=O) groups is 1. The minimum absolute atomic E-state index is 0.0210. The molecule has 0 unspecified atom stereocenters. The maximum Gasteiger partial charge on any atom is 0.262 e. The summed E-state index contributed by atoms with van der Waals surface area (Å²) in [6, 6.07) is 12.6. The first-order chi connectivity index (χ1) is 12.3. The Labute approximate surface area is 157 Å². The molecule has 2 aromatic rings. The van der Waals surface area contributed by atoms with Crippen LogP contribution < -0.4 is 15.8 Å². The first kappa shape index (κ1) is 18.7. The zero-order chi connectivity index (χ0) is 18.8. The molecule has 0 aromatic heterocycles. The second kappa shape index (κ2) is 7.26. The third-order valence-corrected chi connectivity index (χ3v) is 6.16. The Hall–Kier alpha value is -2.09. The number of hydrogen-bond donors (Lipinski definition) is 3. The summed E-state index contributed by atoms with van der Waals surface area (Å²) in [5.74, 6) is -0.288. The highest BCUT2D eigenvalue weighted by molar-refractivity contribution is 7.92. The predicted molar refractivity (Wildman–Crippen MR) is 103 cm³/mol. The van der Waals surface area contributed by atoms with Gasteiger partial charge in [-0.1, -0.05) is 42.6 Å². The number of sulfonamides is 1. The highest BCUT2D eigenvalue weighted by Gasteiger charge is 2.37. The van der Waals surface area contributed by atoms with Crippen molar-refractivity contribution in [1.82, 2.24) is 0 Å². The van der Waals surface area contributed by atoms with Crippen LogP contribution in [0.3, 0.4) is 0 Å². The molecule has 4 N–H and O–H groups in total. The summed E-state index contributed by atoms with van der Waals surface area (Å²) >= 11 is 6.01. The van der Waals surface area contributed by atoms with E-state index in [1.54, 1.807) is 36.4 Å². The summed E-state index contributed by atoms with van der Waals surface area (Å²) in [4.78, 5) is 12.4. The third kappa shape index (κ3) is 4.00. The van der Waals surface area contributed by atoms with Gasteiger partial charge in [-0.2, -0.15) is 0 Å². The normalized spacial score (nSPS) is 16.2. The van der Waals surface area contributed by atoms with Crippen molar-refractivity contribution in [2.24, 2.45) is 5.73 Å². The molecule has 1 saturated carbocycles. The van der Waals surface area contributed by atoms with Gasteiger partial charge in [0.15, 0.2) is 0 Å². The average molecular weight is 394 g/mol. The van der Waals surface area contributed by atoms with Crippen LogP contribution in [0.15, 0.2) is 53.4 Å². The van der Waals surface area contributed by atoms with Crippen LogP contribution in [0.2, 0.25) is 5.02 Å². The number of nitrogens with one attached hydrogen (secondary N) is 2. The van der Waals surface area contributed by atoms with Crippen LogP contribution in [-0.4, -0.2) is 19.9 Å². The molecule has 26 heavy (non-hydrogen) atoms. The number of amides is 1. The highest BCUT2D eigenvalue weighted by Crippen LogP contribution is 2.29. The van der Waals surface area contributed by atoms with Crippen molar-refractivity contribution in [3.05, 3.63) is 53.6 Å². The van der Waals surface area contributed by atoms with E-state index in [2.05, 4.69) is 10.0 Å². The topological polar surface area (TPSA) is 101 Å². The summed E-state index contributed by atoms with van der Waals surface area (Å²) in [5.41, 5.74) is 5.92. The summed E-state index contributed by atoms with van der Waals surface area (Å²) < 4.78 is 27.7. The molecule has 3 rings (SSSR count). The Morgan fingerprint density at radius 2 is 1.77 bits per heavy atom. The first-order valence-corrected chi connectivity index (χ1v) is 10.1. The lowest BCUT2D eigenvalue weighted by atomic mass is 9.98. The van der Waals surface area contributed by atoms with Gasteiger partial charge >= 0.3 is 0 Å². The van der Waals surface area contributed by atoms with Crippen LogP contribution in [0.25, 0.3) is 0 Å². The van der Waals surface area contributed by atoms with Crippen LogP contribution in [0.5, 0.6) is 0 Å². The van der Waals surface area contributed by atoms with Crippen molar-refractivity contribution in [1.29, 1.82) is 0 Å². The summed E-state index contributed by atoms with van der Waals surface area (Å²) in [7, 11) is -3.85. The summed E-state index contributed by atoms with van der Waals surface area (Å²) in [5, 5.41) is 3.03. The molecule has 2 aromatic carbocycles. The Morgan fingerprint density at radius 1 is 1.08 bits per heavy atom. The molecule has 0 atom stereocenters. The first-order valence-electron chi connectivity index (χ1n) is 8.28. The summed E-state index contributed by atoms with van der Waals surface area (Å²) in [6.45, 7) is 0. The second-order valence-corrected chi connectivity index (χ2v) is 8.52. The van der Waals surface area contributed by atoms with E-state index in [-0.39, 0.29) is 16.5 Å². The Morgan fingerprint density at radius 3 is 2.46 bits per heavy atom. The van der Waals surface area contributed by atoms with Crippen LogP contribution in [0.1, 0.15) is 25.7 Å². The second-order valence-electron chi connectivity index (χ2n) is 6.43. The Bertz CT molecular complexity index is 925. The van der Waals surface area contributed by atoms with Crippen molar-refractivity contribution in [3.63, 3.8) is 0 Å². The number of nitrogens with two attached hydrogens (primary N) is 1. The molecule has 0 bridgehead atoms. The fourth-order valence-corrected chi connectivity index (χ4v) is 4.34. The smallest absolute Gasteiger partial charge is 0.262 e. The van der Waals surface area contributed by atoms with Gasteiger partial charge in [0, 0.05) is 5.69 Å². The zero-order valence-corrected chi connectivity index (χ0v) is 15.6. The van der Waals surface area contributed by atoms with Gasteiger partial charge in [-0.15, -0.1) is 0 Å². The van der Waals surface area contributed by atoms with E-state index in [0.29, 0.717) is 23.6 Å². The van der Waals surface area contributed by atoms with Gasteiger partial charge in [0.25, 0.3) is 10.0 Å². The highest BCUT2D eigenvalue weighted by atomic mass is 35.5. The lowest BCUT2D eigenvalue weighted by molar-refractivity contribution is -0.121. The number of benzene rings is 2. The quantitative estimate of drug-likeness (QED) is 0.724. The lowest BCUT2D eigenvalue weighted by Crippen LogP contribution is -2.48. The predicted octanol–water partition coefficient (Wildman–Crippen LogP) is 3.35. The number of carbonyl (C=O) groups excluding carboxylic acids is 1. The van der Waals surface area contributed by atoms with Crippen LogP contribution in [-0.2, 0) is 14.8 Å². The van der Waals surface area contributed by atoms with Crippen LogP contribution in [0.4, 0.5) is 11.4 Å². The zero-order valence-electron chi connectivity index (χ0n) is 14.0. The Kier molecular flexibility index (Phi) is 5.22. The van der Waals surface area contributed by atoms with E-state index in [1.807, 2.05) is 0 Å². The van der Waals surface area contributed by atoms with E-state index in [9.17, 15) is 13.2 Å². The molecular formula is C18H20ClN3O3S. The number of para-hydroxylation sites is 1. The minimum Gasteiger partial charge on any atom is -0.324 e. The molecule has 1 aliphatic carbocycles. The fraction of sp³-hybridized carbons (Fsp3) is 0.278. The molecule has 0 aliphatic heterocycles. The summed E-state index contributed by atoms with van der Waals surface area (Å²) in [6.07, 6.45) is 3.09. The maximum absolute atomic E-state index is 12.6. The molecule has 6 nitrogen and oxygen atoms in total. The van der Waals surface area contributed by atoms with Gasteiger partial charge in [0.1, 0.15) is 0 Å². The van der Waals surface area contributed by atoms with Crippen molar-refractivity contribution < 1.29 is 13.2 Å². The van der Waals surface area contributed by atoms with Gasteiger partial charge in [-0.25, -0.2) is 8.42 Å². The molecule has 138 valence electrons. The molecular weight excluding hydrogens is 374 g/mol. The van der Waals surface area contributed by atoms with Crippen LogP contribution >= 0.6 is 11.6 Å². The van der Waals surface area contributed by atoms with Crippen molar-refractivity contribution in [2.75, 3.05) is 10.0 Å². The van der Waals surface area contributed by atoms with Crippen molar-refractivity contribution >= 4 is 38.9 Å². The Balaban J connectivity index is 1.80. The van der Waals surface area contributed by atoms with E-state index < -0.39 is 15.6 Å². The maximum atomic E-state index is 12.6. The standard InChI is InChI=1S/C18H20ClN3O3S/c19-15-8-1-2-9-16(15)22-26(24,25)14-7-5-6-13(12-14)21-17(23)18(20)10-3-4-11-18/h1-2,5-9,12,22H,3-4,10-11,20H2,(H,21,23). The largest absolute Gasteiger partial charge is 0.324 e. The van der Waals surface area contributed by atoms with Gasteiger partial charge in [-0.05, 0) is 43.2 Å². The molecule has 1 fully saturated rings. The average Bonchev–Trinajstić information content (AvgIpc) is 3.05. The monoisotopic (exact) mass is 393 g/mol. The van der Waals surface area contributed by atoms with Crippen molar-refractivity contribution in [2.45, 2.75) is 36.1 Å². The molecule has 0 spiro atoms. The number of hydrogen-bond acceptors (Lipinski definition) is 4. The minimum atomic E-state index is -3.85. The molecule has 1 aliphatic rings. The lowest BCUT2D eigenvalue weighted by Gasteiger charge is -2.22. The SMILES string of the molecule is NC1(C(=O)Nc2cccc(S(=O)(=O)Nc3ccccc3Cl)c2)CCCC1. The van der Waals surface area contributed by atoms with Gasteiger partial charge in [-0.3, -0.25) is 9.52 Å². The number of rotatable bonds is 5.